The number of ether oxygens (including phenoxy) is 1. The van der Waals surface area contributed by atoms with Crippen LogP contribution in [0.15, 0.2) is 83.8 Å². The highest BCUT2D eigenvalue weighted by Gasteiger charge is 2.23. The van der Waals surface area contributed by atoms with Crippen molar-refractivity contribution in [1.29, 1.82) is 0 Å². The van der Waals surface area contributed by atoms with Crippen molar-refractivity contribution in [1.82, 2.24) is 0 Å². The summed E-state index contributed by atoms with van der Waals surface area (Å²) in [6, 6.07) is 21.5. The van der Waals surface area contributed by atoms with Gasteiger partial charge in [0, 0.05) is 12.7 Å². The molecule has 0 spiro atoms. The van der Waals surface area contributed by atoms with Gasteiger partial charge in [-0.3, -0.25) is 9.10 Å². The van der Waals surface area contributed by atoms with E-state index in [4.69, 9.17) is 4.74 Å². The monoisotopic (exact) mass is 452 g/mol. The Bertz CT molecular complexity index is 1210. The molecule has 3 aromatic carbocycles. The summed E-state index contributed by atoms with van der Waals surface area (Å²) in [6.07, 6.45) is 0.831. The molecule has 0 bridgehead atoms. The van der Waals surface area contributed by atoms with Crippen molar-refractivity contribution in [2.24, 2.45) is 0 Å². The van der Waals surface area contributed by atoms with Gasteiger partial charge < -0.3 is 10.1 Å². The van der Waals surface area contributed by atoms with Gasteiger partial charge in [0.25, 0.3) is 15.9 Å². The zero-order chi connectivity index (χ0) is 23.1. The maximum Gasteiger partial charge on any atom is 0.338 e. The summed E-state index contributed by atoms with van der Waals surface area (Å²) >= 11 is 0. The lowest BCUT2D eigenvalue weighted by atomic mass is 10.1. The number of amides is 1. The molecule has 8 heteroatoms. The van der Waals surface area contributed by atoms with Crippen LogP contribution in [0.2, 0.25) is 0 Å². The van der Waals surface area contributed by atoms with E-state index >= 15 is 0 Å². The number of hydrogen-bond donors (Lipinski definition) is 1. The molecule has 3 aromatic rings. The highest BCUT2D eigenvalue weighted by Crippen LogP contribution is 2.22. The number of carbonyl (C=O) groups is 2. The van der Waals surface area contributed by atoms with E-state index in [1.807, 2.05) is 25.1 Å². The zero-order valence-corrected chi connectivity index (χ0v) is 18.6. The van der Waals surface area contributed by atoms with Gasteiger partial charge in [-0.2, -0.15) is 0 Å². The second kappa shape index (κ2) is 10.1. The van der Waals surface area contributed by atoms with E-state index in [0.29, 0.717) is 11.4 Å². The molecule has 3 rings (SSSR count). The van der Waals surface area contributed by atoms with Gasteiger partial charge in [-0.25, -0.2) is 13.2 Å². The van der Waals surface area contributed by atoms with E-state index in [1.165, 1.54) is 31.3 Å². The van der Waals surface area contributed by atoms with Crippen LogP contribution in [0.25, 0.3) is 0 Å². The Kier molecular flexibility index (Phi) is 7.27. The lowest BCUT2D eigenvalue weighted by Crippen LogP contribution is -2.26. The van der Waals surface area contributed by atoms with E-state index in [-0.39, 0.29) is 10.5 Å². The van der Waals surface area contributed by atoms with Gasteiger partial charge in [-0.15, -0.1) is 0 Å². The van der Waals surface area contributed by atoms with Crippen LogP contribution in [0.1, 0.15) is 22.8 Å². The van der Waals surface area contributed by atoms with E-state index in [0.717, 1.165) is 16.3 Å². The molecule has 0 radical (unpaired) electrons. The Morgan fingerprint density at radius 2 is 1.66 bits per heavy atom. The minimum atomic E-state index is -3.88. The number of nitrogens with one attached hydrogen (secondary N) is 1. The molecule has 166 valence electrons. The molecule has 0 unspecified atom stereocenters. The Labute approximate surface area is 187 Å². The van der Waals surface area contributed by atoms with Crippen molar-refractivity contribution in [3.8, 4) is 0 Å². The number of sulfonamides is 1. The third-order valence-corrected chi connectivity index (χ3v) is 6.58. The van der Waals surface area contributed by atoms with E-state index in [2.05, 4.69) is 5.32 Å². The second-order valence-electron chi connectivity index (χ2n) is 7.01. The molecule has 0 atom stereocenters. The Morgan fingerprint density at radius 1 is 0.938 bits per heavy atom. The van der Waals surface area contributed by atoms with Crippen LogP contribution < -0.4 is 9.62 Å². The predicted molar refractivity (Wildman–Crippen MR) is 123 cm³/mol. The fourth-order valence-corrected chi connectivity index (χ4v) is 4.24. The number of rotatable bonds is 8. The van der Waals surface area contributed by atoms with E-state index in [1.54, 1.807) is 36.4 Å². The summed E-state index contributed by atoms with van der Waals surface area (Å²) in [5.41, 5.74) is 2.21. The molecule has 0 aromatic heterocycles. The first-order valence-electron chi connectivity index (χ1n) is 10.0. The van der Waals surface area contributed by atoms with Crippen LogP contribution in [0, 0.1) is 0 Å². The lowest BCUT2D eigenvalue weighted by molar-refractivity contribution is -0.119. The van der Waals surface area contributed by atoms with Crippen LogP contribution >= 0.6 is 0 Å². The molecule has 0 aliphatic heterocycles. The summed E-state index contributed by atoms with van der Waals surface area (Å²) in [5, 5.41) is 2.67. The Balaban J connectivity index is 1.66. The summed E-state index contributed by atoms with van der Waals surface area (Å²) in [5.74, 6) is -1.28. The number of nitrogens with zero attached hydrogens (tertiary/aromatic N) is 1. The molecule has 0 heterocycles. The fraction of sp³-hybridized carbons (Fsp3) is 0.167. The quantitative estimate of drug-likeness (QED) is 0.524. The largest absolute Gasteiger partial charge is 0.452 e. The smallest absolute Gasteiger partial charge is 0.338 e. The van der Waals surface area contributed by atoms with Crippen molar-refractivity contribution in [3.05, 3.63) is 90.0 Å². The molecule has 0 saturated carbocycles. The maximum absolute atomic E-state index is 12.9. The Hall–Kier alpha value is -3.65. The zero-order valence-electron chi connectivity index (χ0n) is 17.8. The van der Waals surface area contributed by atoms with Gasteiger partial charge >= 0.3 is 5.97 Å². The first kappa shape index (κ1) is 23.0. The van der Waals surface area contributed by atoms with Crippen molar-refractivity contribution >= 4 is 33.3 Å². The van der Waals surface area contributed by atoms with Gasteiger partial charge in [-0.1, -0.05) is 43.3 Å². The molecular formula is C24H24N2O5S. The third kappa shape index (κ3) is 5.53. The number of anilines is 2. The topological polar surface area (TPSA) is 92.8 Å². The number of aryl methyl sites for hydroxylation is 1. The van der Waals surface area contributed by atoms with Crippen LogP contribution in [0.4, 0.5) is 11.4 Å². The molecule has 0 aliphatic rings. The van der Waals surface area contributed by atoms with Crippen molar-refractivity contribution in [3.63, 3.8) is 0 Å². The number of esters is 1. The van der Waals surface area contributed by atoms with Gasteiger partial charge in [-0.05, 0) is 54.4 Å². The molecule has 7 nitrogen and oxygen atoms in total. The second-order valence-corrected chi connectivity index (χ2v) is 8.98. The Morgan fingerprint density at radius 3 is 2.38 bits per heavy atom. The number of carbonyl (C=O) groups excluding carboxylic acids is 2. The van der Waals surface area contributed by atoms with Gasteiger partial charge in [0.05, 0.1) is 16.1 Å². The molecule has 1 N–H and O–H groups in total. The minimum Gasteiger partial charge on any atom is -0.452 e. The van der Waals surface area contributed by atoms with Gasteiger partial charge in [0.1, 0.15) is 0 Å². The number of hydrogen-bond acceptors (Lipinski definition) is 5. The van der Waals surface area contributed by atoms with E-state index in [9.17, 15) is 18.0 Å². The third-order valence-electron chi connectivity index (χ3n) is 4.80. The molecule has 32 heavy (non-hydrogen) atoms. The highest BCUT2D eigenvalue weighted by atomic mass is 32.2. The van der Waals surface area contributed by atoms with Crippen LogP contribution in [-0.4, -0.2) is 33.9 Å². The van der Waals surface area contributed by atoms with Crippen molar-refractivity contribution in [2.75, 3.05) is 23.3 Å². The van der Waals surface area contributed by atoms with Crippen LogP contribution in [0.5, 0.6) is 0 Å². The van der Waals surface area contributed by atoms with E-state index < -0.39 is 28.5 Å². The van der Waals surface area contributed by atoms with Gasteiger partial charge in [0.15, 0.2) is 6.61 Å². The molecule has 1 amide bonds. The predicted octanol–water partition coefficient (Wildman–Crippen LogP) is 3.87. The molecule has 0 fully saturated rings. The van der Waals surface area contributed by atoms with Crippen LogP contribution in [0.3, 0.4) is 0 Å². The number of benzene rings is 3. The lowest BCUT2D eigenvalue weighted by Gasteiger charge is -2.19. The molecule has 0 aliphatic carbocycles. The van der Waals surface area contributed by atoms with Crippen molar-refractivity contribution in [2.45, 2.75) is 18.2 Å². The summed E-state index contributed by atoms with van der Waals surface area (Å²) in [4.78, 5) is 24.5. The first-order valence-corrected chi connectivity index (χ1v) is 11.4. The first-order chi connectivity index (χ1) is 15.3. The number of para-hydroxylation sites is 1. The fourth-order valence-electron chi connectivity index (χ4n) is 3.00. The average molecular weight is 453 g/mol. The van der Waals surface area contributed by atoms with Gasteiger partial charge in [0.2, 0.25) is 0 Å². The highest BCUT2D eigenvalue weighted by molar-refractivity contribution is 7.92. The van der Waals surface area contributed by atoms with Crippen molar-refractivity contribution < 1.29 is 22.7 Å². The summed E-state index contributed by atoms with van der Waals surface area (Å²) in [6.45, 7) is 1.52. The molecular weight excluding hydrogens is 428 g/mol. The minimum absolute atomic E-state index is 0.0355. The standard InChI is InChI=1S/C24H24N2O5S/c1-3-18-9-7-11-20(15-18)25-23(27)17-31-24(28)19-10-8-14-22(16-19)32(29,30)26(2)21-12-5-4-6-13-21/h4-16H,3,17H2,1-2H3,(H,25,27). The average Bonchev–Trinajstić information content (AvgIpc) is 2.82. The normalized spacial score (nSPS) is 10.9. The summed E-state index contributed by atoms with van der Waals surface area (Å²) in [7, 11) is -2.44. The molecule has 0 saturated heterocycles. The maximum atomic E-state index is 12.9. The van der Waals surface area contributed by atoms with Crippen LogP contribution in [-0.2, 0) is 26.0 Å². The summed E-state index contributed by atoms with van der Waals surface area (Å²) < 4.78 is 32.1. The SMILES string of the molecule is CCc1cccc(NC(=O)COC(=O)c2cccc(S(=O)(=O)N(C)c3ccccc3)c2)c1.